The molecule has 186 valence electrons. The predicted molar refractivity (Wildman–Crippen MR) is 137 cm³/mol. The Bertz CT molecular complexity index is 1030. The molecule has 2 heterocycles. The van der Waals surface area contributed by atoms with E-state index in [-0.39, 0.29) is 17.8 Å². The number of ether oxygens (including phenoxy) is 2. The molecular weight excluding hydrogens is 442 g/mol. The minimum absolute atomic E-state index is 0.00370. The zero-order valence-corrected chi connectivity index (χ0v) is 20.7. The van der Waals surface area contributed by atoms with Gasteiger partial charge in [-0.2, -0.15) is 0 Å². The number of likely N-dealkylation sites (N-methyl/N-ethyl adjacent to an activating group) is 1. The van der Waals surface area contributed by atoms with Crippen LogP contribution in [0.15, 0.2) is 60.7 Å². The van der Waals surface area contributed by atoms with Gasteiger partial charge in [0, 0.05) is 57.5 Å². The number of carbonyl (C=O) groups excluding carboxylic acids is 2. The van der Waals surface area contributed by atoms with Gasteiger partial charge in [0.25, 0.3) is 0 Å². The van der Waals surface area contributed by atoms with E-state index >= 15 is 0 Å². The molecule has 7 heteroatoms. The highest BCUT2D eigenvalue weighted by atomic mass is 16.5. The Hall–Kier alpha value is -3.00. The molecule has 1 amide bonds. The number of rotatable bonds is 8. The second-order valence-corrected chi connectivity index (χ2v) is 9.08. The van der Waals surface area contributed by atoms with Crippen LogP contribution in [0.1, 0.15) is 17.3 Å². The molecule has 2 aromatic rings. The number of ketones is 1. The van der Waals surface area contributed by atoms with Gasteiger partial charge >= 0.3 is 0 Å². The Balaban J connectivity index is 1.41. The van der Waals surface area contributed by atoms with Gasteiger partial charge in [-0.25, -0.2) is 0 Å². The van der Waals surface area contributed by atoms with Crippen molar-refractivity contribution in [3.05, 3.63) is 66.2 Å². The number of hydrogen-bond donors (Lipinski definition) is 0. The fraction of sp³-hybridized carbons (Fsp3) is 0.429. The summed E-state index contributed by atoms with van der Waals surface area (Å²) in [7, 11) is 2.14. The number of carbonyl (C=O) groups is 2. The second kappa shape index (κ2) is 12.1. The van der Waals surface area contributed by atoms with Crippen LogP contribution in [0.3, 0.4) is 0 Å². The first kappa shape index (κ1) is 25.1. The van der Waals surface area contributed by atoms with Crippen molar-refractivity contribution in [2.45, 2.75) is 13.0 Å². The fourth-order valence-electron chi connectivity index (χ4n) is 4.54. The molecule has 4 rings (SSSR count). The van der Waals surface area contributed by atoms with Crippen LogP contribution >= 0.6 is 0 Å². The van der Waals surface area contributed by atoms with Gasteiger partial charge in [0.05, 0.1) is 19.3 Å². The summed E-state index contributed by atoms with van der Waals surface area (Å²) in [4.78, 5) is 32.5. The Morgan fingerprint density at radius 3 is 2.54 bits per heavy atom. The molecule has 0 aliphatic carbocycles. The van der Waals surface area contributed by atoms with Crippen LogP contribution in [0, 0.1) is 0 Å². The van der Waals surface area contributed by atoms with Crippen LogP contribution < -0.4 is 4.74 Å². The van der Waals surface area contributed by atoms with Gasteiger partial charge in [-0.15, -0.1) is 0 Å². The second-order valence-electron chi connectivity index (χ2n) is 9.08. The summed E-state index contributed by atoms with van der Waals surface area (Å²) in [6, 6.07) is 15.2. The number of benzene rings is 2. The van der Waals surface area contributed by atoms with Gasteiger partial charge in [0.15, 0.2) is 5.78 Å². The Morgan fingerprint density at radius 1 is 1.03 bits per heavy atom. The number of nitrogens with zero attached hydrogens (tertiary/aromatic N) is 3. The third kappa shape index (κ3) is 6.78. The van der Waals surface area contributed by atoms with Gasteiger partial charge in [-0.1, -0.05) is 30.3 Å². The maximum atomic E-state index is 13.1. The molecule has 7 nitrogen and oxygen atoms in total. The molecule has 2 aliphatic rings. The lowest BCUT2D eigenvalue weighted by molar-refractivity contribution is -0.134. The summed E-state index contributed by atoms with van der Waals surface area (Å²) in [5.41, 5.74) is 2.26. The number of piperazine rings is 1. The Kier molecular flexibility index (Phi) is 8.69. The first-order valence-electron chi connectivity index (χ1n) is 12.4. The van der Waals surface area contributed by atoms with E-state index in [1.807, 2.05) is 43.3 Å². The maximum absolute atomic E-state index is 13.1. The molecule has 2 fully saturated rings. The van der Waals surface area contributed by atoms with Crippen molar-refractivity contribution in [3.63, 3.8) is 0 Å². The first-order chi connectivity index (χ1) is 17.0. The van der Waals surface area contributed by atoms with Crippen molar-refractivity contribution in [1.82, 2.24) is 14.7 Å². The van der Waals surface area contributed by atoms with E-state index in [1.165, 1.54) is 12.2 Å². The minimum Gasteiger partial charge on any atom is -0.494 e. The summed E-state index contributed by atoms with van der Waals surface area (Å²) >= 11 is 0. The summed E-state index contributed by atoms with van der Waals surface area (Å²) in [6.07, 6.45) is 2.78. The lowest BCUT2D eigenvalue weighted by Gasteiger charge is -2.38. The average molecular weight is 478 g/mol. The van der Waals surface area contributed by atoms with Gasteiger partial charge in [0.2, 0.25) is 5.91 Å². The molecule has 0 saturated carbocycles. The highest BCUT2D eigenvalue weighted by molar-refractivity contribution is 6.11. The normalized spacial score (nSPS) is 19.7. The number of allylic oxidation sites excluding steroid dienone is 1. The molecular formula is C28H35N3O4. The van der Waals surface area contributed by atoms with Gasteiger partial charge in [0.1, 0.15) is 5.75 Å². The minimum atomic E-state index is -0.206. The molecule has 0 aromatic heterocycles. The van der Waals surface area contributed by atoms with Crippen LogP contribution in [-0.4, -0.2) is 98.6 Å². The molecule has 2 aromatic carbocycles. The molecule has 0 radical (unpaired) electrons. The van der Waals surface area contributed by atoms with Crippen molar-refractivity contribution in [3.8, 4) is 16.9 Å². The standard InChI is InChI=1S/C28H35N3O4/c1-3-34-23-9-10-25(26(19-23)22-7-5-4-6-8-22)27(32)11-12-28(33)31-17-18-35-24(21-31)20-30-15-13-29(2)14-16-30/h4-12,19,24H,3,13-18,20-21H2,1-2H3. The molecule has 2 aliphatic heterocycles. The first-order valence-corrected chi connectivity index (χ1v) is 12.4. The van der Waals surface area contributed by atoms with Gasteiger partial charge < -0.3 is 19.3 Å². The van der Waals surface area contributed by atoms with E-state index in [9.17, 15) is 9.59 Å². The molecule has 1 unspecified atom stereocenters. The highest BCUT2D eigenvalue weighted by Gasteiger charge is 2.26. The van der Waals surface area contributed by atoms with E-state index in [2.05, 4.69) is 16.8 Å². The zero-order valence-electron chi connectivity index (χ0n) is 20.7. The smallest absolute Gasteiger partial charge is 0.246 e. The Morgan fingerprint density at radius 2 is 1.80 bits per heavy atom. The lowest BCUT2D eigenvalue weighted by atomic mass is 9.96. The van der Waals surface area contributed by atoms with Crippen molar-refractivity contribution in [2.75, 3.05) is 66.1 Å². The monoisotopic (exact) mass is 477 g/mol. The van der Waals surface area contributed by atoms with Crippen LogP contribution in [0.2, 0.25) is 0 Å². The molecule has 35 heavy (non-hydrogen) atoms. The topological polar surface area (TPSA) is 62.3 Å². The molecule has 0 spiro atoms. The third-order valence-electron chi connectivity index (χ3n) is 6.54. The van der Waals surface area contributed by atoms with E-state index in [4.69, 9.17) is 9.47 Å². The highest BCUT2D eigenvalue weighted by Crippen LogP contribution is 2.29. The van der Waals surface area contributed by atoms with E-state index in [1.54, 1.807) is 17.0 Å². The number of hydrogen-bond acceptors (Lipinski definition) is 6. The van der Waals surface area contributed by atoms with Crippen LogP contribution in [-0.2, 0) is 9.53 Å². The summed E-state index contributed by atoms with van der Waals surface area (Å²) in [5, 5.41) is 0. The van der Waals surface area contributed by atoms with Crippen molar-refractivity contribution < 1.29 is 19.1 Å². The maximum Gasteiger partial charge on any atom is 0.246 e. The SMILES string of the molecule is CCOc1ccc(C(=O)C=CC(=O)N2CCOC(CN3CCN(C)CC3)C2)c(-c2ccccc2)c1. The van der Waals surface area contributed by atoms with Gasteiger partial charge in [-0.3, -0.25) is 14.5 Å². The van der Waals surface area contributed by atoms with E-state index < -0.39 is 0 Å². The molecule has 0 bridgehead atoms. The van der Waals surface area contributed by atoms with Crippen LogP contribution in [0.4, 0.5) is 0 Å². The zero-order chi connectivity index (χ0) is 24.6. The van der Waals surface area contributed by atoms with E-state index in [0.717, 1.165) is 43.9 Å². The van der Waals surface area contributed by atoms with E-state index in [0.29, 0.717) is 37.6 Å². The summed E-state index contributed by atoms with van der Waals surface area (Å²) in [5.74, 6) is 0.349. The van der Waals surface area contributed by atoms with Gasteiger partial charge in [-0.05, 0) is 49.4 Å². The molecule has 2 saturated heterocycles. The van der Waals surface area contributed by atoms with Crippen LogP contribution in [0.5, 0.6) is 5.75 Å². The van der Waals surface area contributed by atoms with Crippen molar-refractivity contribution >= 4 is 11.7 Å². The largest absolute Gasteiger partial charge is 0.494 e. The molecule has 0 N–H and O–H groups in total. The van der Waals surface area contributed by atoms with Crippen molar-refractivity contribution in [2.24, 2.45) is 0 Å². The van der Waals surface area contributed by atoms with Crippen LogP contribution in [0.25, 0.3) is 11.1 Å². The lowest BCUT2D eigenvalue weighted by Crippen LogP contribution is -2.52. The quantitative estimate of drug-likeness (QED) is 0.430. The summed E-state index contributed by atoms with van der Waals surface area (Å²) < 4.78 is 11.6. The van der Waals surface area contributed by atoms with Crippen molar-refractivity contribution in [1.29, 1.82) is 0 Å². The Labute approximate surface area is 207 Å². The fourth-order valence-corrected chi connectivity index (χ4v) is 4.54. The summed E-state index contributed by atoms with van der Waals surface area (Å²) in [6.45, 7) is 9.04. The predicted octanol–water partition coefficient (Wildman–Crippen LogP) is 2.97. The third-order valence-corrected chi connectivity index (χ3v) is 6.54. The molecule has 1 atom stereocenters. The number of amides is 1. The average Bonchev–Trinajstić information content (AvgIpc) is 2.89. The number of morpholine rings is 1.